The Morgan fingerprint density at radius 2 is 2.00 bits per heavy atom. The number of nitrogens with zero attached hydrogens (tertiary/aromatic N) is 1. The van der Waals surface area contributed by atoms with E-state index in [1.807, 2.05) is 6.92 Å². The van der Waals surface area contributed by atoms with Crippen molar-refractivity contribution in [3.8, 4) is 0 Å². The molecule has 0 aromatic carbocycles. The minimum atomic E-state index is -1.73. The Morgan fingerprint density at radius 1 is 1.39 bits per heavy atom. The molecule has 1 amide bonds. The van der Waals surface area contributed by atoms with Gasteiger partial charge in [-0.3, -0.25) is 0 Å². The number of ether oxygens (including phenoxy) is 1. The first-order valence-corrected chi connectivity index (χ1v) is 9.67. The topological polar surface area (TPSA) is 38.8 Å². The molecule has 1 fully saturated rings. The third-order valence-corrected chi connectivity index (χ3v) is 8.47. The van der Waals surface area contributed by atoms with E-state index in [4.69, 9.17) is 9.16 Å². The number of rotatable bonds is 3. The summed E-state index contributed by atoms with van der Waals surface area (Å²) in [6.45, 7) is 14.9. The number of carbonyl (C=O) groups is 1. The van der Waals surface area contributed by atoms with Gasteiger partial charge < -0.3 is 14.1 Å². The minimum absolute atomic E-state index is 0.176. The van der Waals surface area contributed by atoms with Gasteiger partial charge >= 0.3 is 6.09 Å². The molecule has 0 radical (unpaired) electrons. The molecule has 5 heteroatoms. The van der Waals surface area contributed by atoms with E-state index < -0.39 is 8.32 Å². The molecule has 106 valence electrons. The Morgan fingerprint density at radius 3 is 2.50 bits per heavy atom. The number of amides is 1. The van der Waals surface area contributed by atoms with Gasteiger partial charge in [-0.25, -0.2) is 4.79 Å². The van der Waals surface area contributed by atoms with Gasteiger partial charge in [0.05, 0.1) is 12.7 Å². The van der Waals surface area contributed by atoms with Crippen LogP contribution in [-0.4, -0.2) is 45.1 Å². The van der Waals surface area contributed by atoms with Crippen molar-refractivity contribution in [2.45, 2.75) is 58.4 Å². The lowest BCUT2D eigenvalue weighted by Gasteiger charge is -2.38. The molecule has 0 saturated carbocycles. The molecule has 1 aliphatic heterocycles. The molecule has 0 aromatic rings. The highest BCUT2D eigenvalue weighted by Crippen LogP contribution is 2.38. The molecule has 1 rings (SSSR count). The van der Waals surface area contributed by atoms with E-state index in [0.29, 0.717) is 13.2 Å². The second-order valence-corrected chi connectivity index (χ2v) is 11.2. The molecule has 0 aromatic heterocycles. The van der Waals surface area contributed by atoms with Crippen LogP contribution in [0.3, 0.4) is 0 Å². The third kappa shape index (κ3) is 3.72. The largest absolute Gasteiger partial charge is 0.450 e. The van der Waals surface area contributed by atoms with Crippen LogP contribution in [0.1, 0.15) is 34.1 Å². The summed E-state index contributed by atoms with van der Waals surface area (Å²) in [5.74, 6) is 0. The van der Waals surface area contributed by atoms with Crippen molar-refractivity contribution in [1.29, 1.82) is 0 Å². The van der Waals surface area contributed by atoms with Crippen molar-refractivity contribution in [3.63, 3.8) is 0 Å². The quantitative estimate of drug-likeness (QED) is 0.741. The summed E-state index contributed by atoms with van der Waals surface area (Å²) >= 11 is 0. The van der Waals surface area contributed by atoms with Crippen LogP contribution < -0.4 is 0 Å². The average molecular weight is 273 g/mol. The van der Waals surface area contributed by atoms with Gasteiger partial charge in [-0.2, -0.15) is 0 Å². The van der Waals surface area contributed by atoms with E-state index in [1.54, 1.807) is 4.90 Å². The fourth-order valence-electron chi connectivity index (χ4n) is 1.80. The number of carbonyl (C=O) groups excluding carboxylic acids is 1. The summed E-state index contributed by atoms with van der Waals surface area (Å²) in [7, 11) is -1.73. The monoisotopic (exact) mass is 273 g/mol. The molecular weight excluding hydrogens is 246 g/mol. The van der Waals surface area contributed by atoms with Gasteiger partial charge in [0, 0.05) is 13.1 Å². The normalized spacial score (nSPS) is 21.2. The highest BCUT2D eigenvalue weighted by atomic mass is 28.4. The van der Waals surface area contributed by atoms with Crippen LogP contribution in [0.25, 0.3) is 0 Å². The van der Waals surface area contributed by atoms with Gasteiger partial charge in [-0.05, 0) is 31.5 Å². The molecular formula is C13H27NO3Si. The molecule has 1 heterocycles. The van der Waals surface area contributed by atoms with Crippen LogP contribution in [0.4, 0.5) is 4.79 Å². The second kappa shape index (κ2) is 5.61. The number of likely N-dealkylation sites (tertiary alicyclic amines) is 1. The maximum absolute atomic E-state index is 11.6. The lowest BCUT2D eigenvalue weighted by molar-refractivity contribution is 0.108. The SMILES string of the molecule is CCOC(=O)N1CCC(O[Si](C)(C)C(C)(C)C)C1. The van der Waals surface area contributed by atoms with Crippen molar-refractivity contribution < 1.29 is 14.0 Å². The van der Waals surface area contributed by atoms with E-state index in [1.165, 1.54) is 0 Å². The predicted octanol–water partition coefficient (Wildman–Crippen LogP) is 3.24. The standard InChI is InChI=1S/C13H27NO3Si/c1-7-16-12(15)14-9-8-11(10-14)17-18(5,6)13(2,3)4/h11H,7-10H2,1-6H3. The summed E-state index contributed by atoms with van der Waals surface area (Å²) in [5.41, 5.74) is 0. The zero-order chi connectivity index (χ0) is 14.0. The molecule has 0 aliphatic carbocycles. The molecule has 0 N–H and O–H groups in total. The van der Waals surface area contributed by atoms with Gasteiger partial charge in [0.2, 0.25) is 0 Å². The Bertz CT molecular complexity index is 299. The van der Waals surface area contributed by atoms with Gasteiger partial charge in [0.1, 0.15) is 0 Å². The zero-order valence-corrected chi connectivity index (χ0v) is 13.6. The maximum Gasteiger partial charge on any atom is 0.409 e. The number of hydrogen-bond donors (Lipinski definition) is 0. The summed E-state index contributed by atoms with van der Waals surface area (Å²) in [4.78, 5) is 13.4. The highest BCUT2D eigenvalue weighted by molar-refractivity contribution is 6.74. The predicted molar refractivity (Wildman–Crippen MR) is 75.3 cm³/mol. The molecule has 4 nitrogen and oxygen atoms in total. The number of hydrogen-bond acceptors (Lipinski definition) is 3. The van der Waals surface area contributed by atoms with Gasteiger partial charge in [-0.1, -0.05) is 20.8 Å². The van der Waals surface area contributed by atoms with E-state index in [2.05, 4.69) is 33.9 Å². The van der Waals surface area contributed by atoms with Crippen molar-refractivity contribution in [3.05, 3.63) is 0 Å². The summed E-state index contributed by atoms with van der Waals surface area (Å²) in [6.07, 6.45) is 0.889. The Balaban J connectivity index is 2.51. The van der Waals surface area contributed by atoms with Crippen LogP contribution >= 0.6 is 0 Å². The lowest BCUT2D eigenvalue weighted by Crippen LogP contribution is -2.44. The second-order valence-electron chi connectivity index (χ2n) is 6.43. The van der Waals surface area contributed by atoms with Crippen molar-refractivity contribution in [2.24, 2.45) is 0 Å². The Kier molecular flexibility index (Phi) is 4.83. The molecule has 1 saturated heterocycles. The Labute approximate surface area is 112 Å². The van der Waals surface area contributed by atoms with Crippen LogP contribution in [-0.2, 0) is 9.16 Å². The minimum Gasteiger partial charge on any atom is -0.450 e. The first kappa shape index (κ1) is 15.5. The van der Waals surface area contributed by atoms with Crippen LogP contribution in [0, 0.1) is 0 Å². The van der Waals surface area contributed by atoms with E-state index in [-0.39, 0.29) is 17.2 Å². The summed E-state index contributed by atoms with van der Waals surface area (Å²) in [5, 5.41) is 0.213. The van der Waals surface area contributed by atoms with Crippen LogP contribution in [0.2, 0.25) is 18.1 Å². The highest BCUT2D eigenvalue weighted by Gasteiger charge is 2.41. The molecule has 1 atom stereocenters. The third-order valence-electron chi connectivity index (χ3n) is 3.94. The van der Waals surface area contributed by atoms with E-state index in [0.717, 1.165) is 13.0 Å². The van der Waals surface area contributed by atoms with Crippen LogP contribution in [0.5, 0.6) is 0 Å². The van der Waals surface area contributed by atoms with E-state index >= 15 is 0 Å². The smallest absolute Gasteiger partial charge is 0.409 e. The summed E-state index contributed by atoms with van der Waals surface area (Å²) < 4.78 is 11.3. The molecule has 1 aliphatic rings. The molecule has 1 unspecified atom stereocenters. The fraction of sp³-hybridized carbons (Fsp3) is 0.923. The zero-order valence-electron chi connectivity index (χ0n) is 12.6. The van der Waals surface area contributed by atoms with Gasteiger partial charge in [0.25, 0.3) is 0 Å². The average Bonchev–Trinajstić information content (AvgIpc) is 2.64. The van der Waals surface area contributed by atoms with Crippen molar-refractivity contribution in [1.82, 2.24) is 4.90 Å². The first-order valence-electron chi connectivity index (χ1n) is 6.77. The lowest BCUT2D eigenvalue weighted by atomic mass is 10.2. The maximum atomic E-state index is 11.6. The fourth-order valence-corrected chi connectivity index (χ4v) is 3.18. The van der Waals surface area contributed by atoms with Crippen molar-refractivity contribution in [2.75, 3.05) is 19.7 Å². The van der Waals surface area contributed by atoms with Gasteiger partial charge in [0.15, 0.2) is 8.32 Å². The first-order chi connectivity index (χ1) is 8.17. The Hall–Kier alpha value is -0.553. The molecule has 0 spiro atoms. The van der Waals surface area contributed by atoms with Crippen LogP contribution in [0.15, 0.2) is 0 Å². The molecule has 0 bridgehead atoms. The van der Waals surface area contributed by atoms with Gasteiger partial charge in [-0.15, -0.1) is 0 Å². The summed E-state index contributed by atoms with van der Waals surface area (Å²) in [6, 6.07) is 0. The van der Waals surface area contributed by atoms with Crippen molar-refractivity contribution >= 4 is 14.4 Å². The molecule has 18 heavy (non-hydrogen) atoms. The van der Waals surface area contributed by atoms with E-state index in [9.17, 15) is 4.79 Å².